The number of likely N-dealkylation sites (tertiary alicyclic amines) is 1. The summed E-state index contributed by atoms with van der Waals surface area (Å²) in [6.07, 6.45) is 3.05. The zero-order chi connectivity index (χ0) is 18.2. The van der Waals surface area contributed by atoms with E-state index in [1.807, 2.05) is 58.9 Å². The van der Waals surface area contributed by atoms with Gasteiger partial charge in [-0.15, -0.1) is 0 Å². The molecule has 2 N–H and O–H groups in total. The van der Waals surface area contributed by atoms with E-state index in [4.69, 9.17) is 10.1 Å². The van der Waals surface area contributed by atoms with Gasteiger partial charge in [-0.1, -0.05) is 32.0 Å². The minimum atomic E-state index is -0.468. The van der Waals surface area contributed by atoms with Crippen LogP contribution in [0.2, 0.25) is 0 Å². The van der Waals surface area contributed by atoms with Crippen molar-refractivity contribution in [2.45, 2.75) is 59.1 Å². The quantitative estimate of drug-likeness (QED) is 0.799. The highest BCUT2D eigenvalue weighted by atomic mass is 16.6. The van der Waals surface area contributed by atoms with Crippen molar-refractivity contribution in [2.24, 2.45) is 0 Å². The molecule has 5 heteroatoms. The van der Waals surface area contributed by atoms with Crippen LogP contribution in [-0.4, -0.2) is 41.9 Å². The molecule has 1 amide bonds. The predicted molar refractivity (Wildman–Crippen MR) is 100 cm³/mol. The molecule has 0 radical (unpaired) electrons. The molecular formula is C19H31N3O2. The second-order valence-electron chi connectivity index (χ2n) is 6.64. The van der Waals surface area contributed by atoms with Crippen LogP contribution in [0.25, 0.3) is 0 Å². The van der Waals surface area contributed by atoms with Gasteiger partial charge in [0.1, 0.15) is 5.60 Å². The Balaban J connectivity index is 0.00000139. The van der Waals surface area contributed by atoms with E-state index < -0.39 is 5.60 Å². The largest absolute Gasteiger partial charge is 0.444 e. The van der Waals surface area contributed by atoms with Crippen molar-refractivity contribution in [2.75, 3.05) is 18.4 Å². The Morgan fingerprint density at radius 2 is 2.00 bits per heavy atom. The number of ether oxygens (including phenoxy) is 1. The summed E-state index contributed by atoms with van der Waals surface area (Å²) in [7, 11) is 0. The first kappa shape index (κ1) is 20.0. The SMILES string of the molecule is CC.CC(C)(C)OC(=O)N1CCCC(Nc2ccccc2C=N)C1. The molecule has 5 nitrogen and oxygen atoms in total. The molecule has 1 aromatic rings. The Morgan fingerprint density at radius 1 is 1.33 bits per heavy atom. The number of benzene rings is 1. The van der Waals surface area contributed by atoms with Gasteiger partial charge >= 0.3 is 6.09 Å². The van der Waals surface area contributed by atoms with Crippen molar-refractivity contribution >= 4 is 18.0 Å². The number of anilines is 1. The van der Waals surface area contributed by atoms with E-state index in [0.717, 1.165) is 30.6 Å². The summed E-state index contributed by atoms with van der Waals surface area (Å²) in [5.41, 5.74) is 1.33. The molecule has 1 unspecified atom stereocenters. The van der Waals surface area contributed by atoms with Crippen LogP contribution in [0, 0.1) is 5.41 Å². The van der Waals surface area contributed by atoms with E-state index in [9.17, 15) is 4.79 Å². The molecule has 1 heterocycles. The molecule has 1 fully saturated rings. The highest BCUT2D eigenvalue weighted by Crippen LogP contribution is 2.20. The van der Waals surface area contributed by atoms with Crippen LogP contribution in [0.3, 0.4) is 0 Å². The average Bonchev–Trinajstić information content (AvgIpc) is 2.56. The molecule has 1 aliphatic heterocycles. The van der Waals surface area contributed by atoms with Crippen molar-refractivity contribution in [3.8, 4) is 0 Å². The van der Waals surface area contributed by atoms with Gasteiger partial charge in [-0.05, 0) is 39.7 Å². The summed E-state index contributed by atoms with van der Waals surface area (Å²) in [6, 6.07) is 7.92. The molecule has 0 bridgehead atoms. The van der Waals surface area contributed by atoms with Crippen LogP contribution >= 0.6 is 0 Å². The second kappa shape index (κ2) is 9.30. The Kier molecular flexibility index (Phi) is 7.75. The van der Waals surface area contributed by atoms with Crippen LogP contribution in [0.1, 0.15) is 53.0 Å². The number of para-hydroxylation sites is 1. The van der Waals surface area contributed by atoms with E-state index in [0.29, 0.717) is 6.54 Å². The van der Waals surface area contributed by atoms with Gasteiger partial charge in [-0.25, -0.2) is 4.79 Å². The minimum Gasteiger partial charge on any atom is -0.444 e. The summed E-state index contributed by atoms with van der Waals surface area (Å²) in [5, 5.41) is 10.9. The molecule has 0 aliphatic carbocycles. The smallest absolute Gasteiger partial charge is 0.410 e. The number of carbonyl (C=O) groups is 1. The third-order valence-corrected chi connectivity index (χ3v) is 3.55. The van der Waals surface area contributed by atoms with Gasteiger partial charge in [0.05, 0.1) is 0 Å². The summed E-state index contributed by atoms with van der Waals surface area (Å²) >= 11 is 0. The van der Waals surface area contributed by atoms with Gasteiger partial charge < -0.3 is 20.4 Å². The average molecular weight is 333 g/mol. The van der Waals surface area contributed by atoms with Crippen molar-refractivity contribution in [1.82, 2.24) is 4.90 Å². The maximum absolute atomic E-state index is 12.2. The number of piperidine rings is 1. The monoisotopic (exact) mass is 333 g/mol. The van der Waals surface area contributed by atoms with Gasteiger partial charge in [0.25, 0.3) is 0 Å². The van der Waals surface area contributed by atoms with E-state index >= 15 is 0 Å². The number of hydrogen-bond donors (Lipinski definition) is 2. The molecule has 0 aromatic heterocycles. The number of nitrogens with zero attached hydrogens (tertiary/aromatic N) is 1. The first-order valence-corrected chi connectivity index (χ1v) is 8.73. The lowest BCUT2D eigenvalue weighted by atomic mass is 10.0. The van der Waals surface area contributed by atoms with Crippen LogP contribution < -0.4 is 5.32 Å². The highest BCUT2D eigenvalue weighted by Gasteiger charge is 2.27. The van der Waals surface area contributed by atoms with Crippen molar-refractivity contribution < 1.29 is 9.53 Å². The zero-order valence-electron chi connectivity index (χ0n) is 15.6. The Labute approximate surface area is 145 Å². The van der Waals surface area contributed by atoms with Gasteiger partial charge in [-0.2, -0.15) is 0 Å². The number of rotatable bonds is 3. The molecule has 2 rings (SSSR count). The third kappa shape index (κ3) is 6.22. The van der Waals surface area contributed by atoms with Gasteiger partial charge in [0.2, 0.25) is 0 Å². The summed E-state index contributed by atoms with van der Waals surface area (Å²) < 4.78 is 5.44. The fourth-order valence-corrected chi connectivity index (χ4v) is 2.56. The molecule has 0 spiro atoms. The zero-order valence-corrected chi connectivity index (χ0v) is 15.6. The standard InChI is InChI=1S/C17H25N3O2.C2H6/c1-17(2,3)22-16(21)20-10-6-8-14(12-20)19-15-9-5-4-7-13(15)11-18;1-2/h4-5,7,9,11,14,18-19H,6,8,10,12H2,1-3H3;1-2H3. The van der Waals surface area contributed by atoms with Gasteiger partial charge in [0, 0.05) is 36.6 Å². The summed E-state index contributed by atoms with van der Waals surface area (Å²) in [5.74, 6) is 0. The fraction of sp³-hybridized carbons (Fsp3) is 0.579. The van der Waals surface area contributed by atoms with E-state index in [-0.39, 0.29) is 12.1 Å². The molecule has 134 valence electrons. The Bertz CT molecular complexity index is 538. The number of carbonyl (C=O) groups excluding carboxylic acids is 1. The number of hydrogen-bond acceptors (Lipinski definition) is 4. The van der Waals surface area contributed by atoms with Crippen LogP contribution in [0.5, 0.6) is 0 Å². The molecule has 1 saturated heterocycles. The molecular weight excluding hydrogens is 302 g/mol. The lowest BCUT2D eigenvalue weighted by Gasteiger charge is -2.35. The molecule has 0 saturated carbocycles. The third-order valence-electron chi connectivity index (χ3n) is 3.55. The highest BCUT2D eigenvalue weighted by molar-refractivity contribution is 5.85. The normalized spacial score (nSPS) is 17.4. The lowest BCUT2D eigenvalue weighted by Crippen LogP contribution is -2.47. The van der Waals surface area contributed by atoms with E-state index in [2.05, 4.69) is 5.32 Å². The molecule has 1 aliphatic rings. The predicted octanol–water partition coefficient (Wildman–Crippen LogP) is 4.52. The van der Waals surface area contributed by atoms with E-state index in [1.54, 1.807) is 4.90 Å². The fourth-order valence-electron chi connectivity index (χ4n) is 2.56. The van der Waals surface area contributed by atoms with Gasteiger partial charge in [0.15, 0.2) is 0 Å². The van der Waals surface area contributed by atoms with Crippen LogP contribution in [0.4, 0.5) is 10.5 Å². The van der Waals surface area contributed by atoms with Crippen molar-refractivity contribution in [1.29, 1.82) is 5.41 Å². The summed E-state index contributed by atoms with van der Waals surface area (Å²) in [6.45, 7) is 11.0. The first-order chi connectivity index (χ1) is 11.4. The summed E-state index contributed by atoms with van der Waals surface area (Å²) in [4.78, 5) is 13.9. The minimum absolute atomic E-state index is 0.183. The maximum atomic E-state index is 12.2. The molecule has 1 atom stereocenters. The Hall–Kier alpha value is -2.04. The molecule has 24 heavy (non-hydrogen) atoms. The molecule has 1 aromatic carbocycles. The number of nitrogens with one attached hydrogen (secondary N) is 2. The van der Waals surface area contributed by atoms with Crippen LogP contribution in [0.15, 0.2) is 24.3 Å². The van der Waals surface area contributed by atoms with Crippen molar-refractivity contribution in [3.63, 3.8) is 0 Å². The second-order valence-corrected chi connectivity index (χ2v) is 6.64. The Morgan fingerprint density at radius 3 is 2.62 bits per heavy atom. The van der Waals surface area contributed by atoms with Gasteiger partial charge in [-0.3, -0.25) is 0 Å². The van der Waals surface area contributed by atoms with Crippen LogP contribution in [-0.2, 0) is 4.74 Å². The number of amides is 1. The lowest BCUT2D eigenvalue weighted by molar-refractivity contribution is 0.0206. The maximum Gasteiger partial charge on any atom is 0.410 e. The van der Waals surface area contributed by atoms with Crippen molar-refractivity contribution in [3.05, 3.63) is 29.8 Å². The topological polar surface area (TPSA) is 65.4 Å². The van der Waals surface area contributed by atoms with E-state index in [1.165, 1.54) is 6.21 Å². The first-order valence-electron chi connectivity index (χ1n) is 8.73.